The van der Waals surface area contributed by atoms with Crippen LogP contribution in [0.1, 0.15) is 52.9 Å². The predicted molar refractivity (Wildman–Crippen MR) is 99.6 cm³/mol. The molecule has 8 atom stereocenters. The minimum atomic E-state index is -0.558. The predicted octanol–water partition coefficient (Wildman–Crippen LogP) is 3.09. The van der Waals surface area contributed by atoms with Gasteiger partial charge in [-0.25, -0.2) is 4.79 Å². The van der Waals surface area contributed by atoms with Crippen LogP contribution < -0.4 is 0 Å². The van der Waals surface area contributed by atoms with E-state index in [-0.39, 0.29) is 29.4 Å². The van der Waals surface area contributed by atoms with Crippen molar-refractivity contribution in [2.45, 2.75) is 76.3 Å². The van der Waals surface area contributed by atoms with Gasteiger partial charge in [0.2, 0.25) is 11.5 Å². The van der Waals surface area contributed by atoms with Gasteiger partial charge in [0.25, 0.3) is 0 Å². The van der Waals surface area contributed by atoms with Gasteiger partial charge in [-0.05, 0) is 32.7 Å². The number of hydrogen-bond acceptors (Lipinski definition) is 6. The summed E-state index contributed by atoms with van der Waals surface area (Å²) in [5.74, 6) is 1.64. The largest absolute Gasteiger partial charge is 0.492 e. The lowest BCUT2D eigenvalue weighted by Crippen LogP contribution is -2.61. The highest BCUT2D eigenvalue weighted by atomic mass is 16.7. The molecule has 5 saturated heterocycles. The van der Waals surface area contributed by atoms with Gasteiger partial charge in [0.1, 0.15) is 5.76 Å². The molecular weight excluding hydrogens is 358 g/mol. The van der Waals surface area contributed by atoms with Crippen molar-refractivity contribution in [3.8, 4) is 0 Å². The average Bonchev–Trinajstić information content (AvgIpc) is 3.38. The quantitative estimate of drug-likeness (QED) is 0.691. The minimum Gasteiger partial charge on any atom is -0.492 e. The first kappa shape index (κ1) is 17.3. The SMILES string of the molecule is CCCC[C@@]12C3CCN1[C@H]1C[C@@H]2O[C@@]32O/C(=C3/OC(=O)C(C)=C3OC)[C@@H](C)C12. The summed E-state index contributed by atoms with van der Waals surface area (Å²) in [7, 11) is 1.58. The molecule has 28 heavy (non-hydrogen) atoms. The highest BCUT2D eigenvalue weighted by molar-refractivity contribution is 5.93. The molecule has 6 heterocycles. The van der Waals surface area contributed by atoms with Gasteiger partial charge in [-0.3, -0.25) is 4.90 Å². The zero-order valence-corrected chi connectivity index (χ0v) is 17.1. The van der Waals surface area contributed by atoms with Gasteiger partial charge in [0.05, 0.1) is 30.2 Å². The minimum absolute atomic E-state index is 0.134. The van der Waals surface area contributed by atoms with Gasteiger partial charge in [-0.15, -0.1) is 0 Å². The van der Waals surface area contributed by atoms with Crippen LogP contribution in [0, 0.1) is 17.8 Å². The van der Waals surface area contributed by atoms with Crippen molar-refractivity contribution in [1.29, 1.82) is 0 Å². The third-order valence-electron chi connectivity index (χ3n) is 8.53. The Morgan fingerprint density at radius 1 is 1.36 bits per heavy atom. The molecule has 0 aromatic carbocycles. The van der Waals surface area contributed by atoms with Crippen LogP contribution in [0.25, 0.3) is 0 Å². The number of hydrogen-bond donors (Lipinski definition) is 0. The van der Waals surface area contributed by atoms with Crippen LogP contribution in [-0.2, 0) is 23.7 Å². The smallest absolute Gasteiger partial charge is 0.343 e. The number of rotatable bonds is 4. The molecule has 0 N–H and O–H groups in total. The standard InChI is InChI=1S/C22H29NO5/c1-5-6-8-21-14-7-9-23(21)13-10-15(21)27-22(14)16(13)11(2)18(28-22)19-17(25-4)12(3)20(24)26-19/h11,13-16H,5-10H2,1-4H3/b19-18+/t11-,13-,14?,15-,16?,21-,22+/m0/s1. The monoisotopic (exact) mass is 387 g/mol. The second-order valence-corrected chi connectivity index (χ2v) is 9.42. The molecule has 5 fully saturated rings. The summed E-state index contributed by atoms with van der Waals surface area (Å²) in [4.78, 5) is 14.9. The summed E-state index contributed by atoms with van der Waals surface area (Å²) in [5, 5.41) is 0. The van der Waals surface area contributed by atoms with Crippen LogP contribution in [-0.4, -0.2) is 48.0 Å². The van der Waals surface area contributed by atoms with Crippen LogP contribution in [0.3, 0.4) is 0 Å². The lowest BCUT2D eigenvalue weighted by molar-refractivity contribution is -0.256. The van der Waals surface area contributed by atoms with Crippen molar-refractivity contribution in [3.63, 3.8) is 0 Å². The molecular formula is C22H29NO5. The Labute approximate surface area is 165 Å². The maximum Gasteiger partial charge on any atom is 0.343 e. The number of carbonyl (C=O) groups is 1. The Morgan fingerprint density at radius 3 is 2.93 bits per heavy atom. The van der Waals surface area contributed by atoms with Crippen molar-refractivity contribution >= 4 is 5.97 Å². The summed E-state index contributed by atoms with van der Waals surface area (Å²) >= 11 is 0. The number of carbonyl (C=O) groups excluding carboxylic acids is 1. The Hall–Kier alpha value is -1.53. The molecule has 6 aliphatic heterocycles. The summed E-state index contributed by atoms with van der Waals surface area (Å²) in [6.45, 7) is 7.37. The number of methoxy groups -OCH3 is 1. The van der Waals surface area contributed by atoms with E-state index in [0.29, 0.717) is 29.1 Å². The van der Waals surface area contributed by atoms with Crippen molar-refractivity contribution in [1.82, 2.24) is 4.90 Å². The Kier molecular flexibility index (Phi) is 3.30. The van der Waals surface area contributed by atoms with E-state index in [1.165, 1.54) is 19.3 Å². The number of fused-ring (bicyclic) bond motifs is 1. The highest BCUT2D eigenvalue weighted by Gasteiger charge is 2.84. The molecule has 0 amide bonds. The molecule has 0 aliphatic carbocycles. The molecule has 3 unspecified atom stereocenters. The molecule has 6 heteroatoms. The van der Waals surface area contributed by atoms with Gasteiger partial charge in [-0.1, -0.05) is 26.7 Å². The van der Waals surface area contributed by atoms with Gasteiger partial charge in [0.15, 0.2) is 5.76 Å². The van der Waals surface area contributed by atoms with Crippen LogP contribution in [0.2, 0.25) is 0 Å². The summed E-state index contributed by atoms with van der Waals surface area (Å²) < 4.78 is 24.7. The summed E-state index contributed by atoms with van der Waals surface area (Å²) in [5.41, 5.74) is 0.659. The maximum atomic E-state index is 12.2. The van der Waals surface area contributed by atoms with Gasteiger partial charge in [-0.2, -0.15) is 0 Å². The lowest BCUT2D eigenvalue weighted by atomic mass is 9.69. The Balaban J connectivity index is 1.46. The number of nitrogens with zero attached hydrogens (tertiary/aromatic N) is 1. The molecule has 1 spiro atoms. The first-order valence-corrected chi connectivity index (χ1v) is 10.8. The zero-order chi connectivity index (χ0) is 19.4. The van der Waals surface area contributed by atoms with Gasteiger partial charge in [0, 0.05) is 17.9 Å². The fourth-order valence-electron chi connectivity index (χ4n) is 7.64. The number of allylic oxidation sites excluding steroid dienone is 1. The Morgan fingerprint density at radius 2 is 2.18 bits per heavy atom. The van der Waals surface area contributed by atoms with E-state index in [4.69, 9.17) is 18.9 Å². The topological polar surface area (TPSA) is 57.2 Å². The summed E-state index contributed by atoms with van der Waals surface area (Å²) in [6.07, 6.45) is 6.15. The maximum absolute atomic E-state index is 12.2. The Bertz CT molecular complexity index is 833. The number of unbranched alkanes of at least 4 members (excludes halogenated alkanes) is 1. The van der Waals surface area contributed by atoms with Crippen LogP contribution in [0.15, 0.2) is 22.9 Å². The first-order valence-electron chi connectivity index (χ1n) is 10.8. The summed E-state index contributed by atoms with van der Waals surface area (Å²) in [6, 6.07) is 0.496. The number of esters is 1. The molecule has 5 bridgehead atoms. The van der Waals surface area contributed by atoms with Crippen molar-refractivity contribution in [2.75, 3.05) is 13.7 Å². The van der Waals surface area contributed by atoms with E-state index < -0.39 is 5.79 Å². The van der Waals surface area contributed by atoms with Crippen LogP contribution >= 0.6 is 0 Å². The van der Waals surface area contributed by atoms with Gasteiger partial charge < -0.3 is 18.9 Å². The van der Waals surface area contributed by atoms with Gasteiger partial charge >= 0.3 is 5.97 Å². The second-order valence-electron chi connectivity index (χ2n) is 9.42. The average molecular weight is 387 g/mol. The van der Waals surface area contributed by atoms with Crippen LogP contribution in [0.5, 0.6) is 0 Å². The van der Waals surface area contributed by atoms with Crippen molar-refractivity contribution < 1.29 is 23.7 Å². The number of cyclic esters (lactones) is 1. The van der Waals surface area contributed by atoms with Crippen molar-refractivity contribution in [2.24, 2.45) is 17.8 Å². The van der Waals surface area contributed by atoms with E-state index in [0.717, 1.165) is 25.1 Å². The molecule has 6 nitrogen and oxygen atoms in total. The third kappa shape index (κ3) is 1.65. The molecule has 0 aromatic heterocycles. The first-order chi connectivity index (χ1) is 13.5. The molecule has 0 radical (unpaired) electrons. The molecule has 6 rings (SSSR count). The fourth-order valence-corrected chi connectivity index (χ4v) is 7.64. The second kappa shape index (κ2) is 5.33. The van der Waals surface area contributed by atoms with Crippen LogP contribution in [0.4, 0.5) is 0 Å². The van der Waals surface area contributed by atoms with E-state index in [1.54, 1.807) is 14.0 Å². The normalized spacial score (nSPS) is 52.5. The van der Waals surface area contributed by atoms with E-state index >= 15 is 0 Å². The molecule has 6 aliphatic rings. The zero-order valence-electron chi connectivity index (χ0n) is 17.1. The van der Waals surface area contributed by atoms with E-state index in [2.05, 4.69) is 18.7 Å². The molecule has 152 valence electrons. The third-order valence-corrected chi connectivity index (χ3v) is 8.53. The fraction of sp³-hybridized carbons (Fsp3) is 0.773. The number of ether oxygens (including phenoxy) is 4. The lowest BCUT2D eigenvalue weighted by Gasteiger charge is -2.48. The van der Waals surface area contributed by atoms with E-state index in [9.17, 15) is 4.79 Å². The van der Waals surface area contributed by atoms with Crippen molar-refractivity contribution in [3.05, 3.63) is 22.9 Å². The number of piperidine rings is 1. The molecule has 0 saturated carbocycles. The highest BCUT2D eigenvalue weighted by Crippen LogP contribution is 2.73. The molecule has 0 aromatic rings. The van der Waals surface area contributed by atoms with E-state index in [1.807, 2.05) is 0 Å².